The molecule has 0 amide bonds. The van der Waals surface area contributed by atoms with Crippen LogP contribution in [0.1, 0.15) is 43.5 Å². The summed E-state index contributed by atoms with van der Waals surface area (Å²) in [4.78, 5) is 15.0. The van der Waals surface area contributed by atoms with Crippen molar-refractivity contribution in [3.63, 3.8) is 0 Å². The number of hydrogen-bond donors (Lipinski definition) is 3. The number of aromatic carboxylic acids is 1. The summed E-state index contributed by atoms with van der Waals surface area (Å²) in [6.07, 6.45) is 4.68. The summed E-state index contributed by atoms with van der Waals surface area (Å²) < 4.78 is 0. The summed E-state index contributed by atoms with van der Waals surface area (Å²) in [5.41, 5.74) is 5.80. The van der Waals surface area contributed by atoms with E-state index in [0.29, 0.717) is 5.82 Å². The molecule has 17 heavy (non-hydrogen) atoms. The first-order valence-electron chi connectivity index (χ1n) is 5.80. The lowest BCUT2D eigenvalue weighted by Gasteiger charge is -2.14. The number of rotatable bonds is 6. The number of anilines is 2. The Hall–Kier alpha value is -1.78. The van der Waals surface area contributed by atoms with Crippen LogP contribution in [0.2, 0.25) is 0 Å². The maximum atomic E-state index is 10.9. The Morgan fingerprint density at radius 2 is 2.35 bits per heavy atom. The van der Waals surface area contributed by atoms with Gasteiger partial charge in [0.05, 0.1) is 17.4 Å². The molecule has 1 rings (SSSR count). The fourth-order valence-corrected chi connectivity index (χ4v) is 1.57. The second kappa shape index (κ2) is 6.08. The van der Waals surface area contributed by atoms with Crippen LogP contribution in [0.5, 0.6) is 0 Å². The second-order valence-electron chi connectivity index (χ2n) is 4.15. The standard InChI is InChI=1S/C12H19N3O2/c1-3-4-5-8(2)15-11-6-9(12(16)17)10(13)7-14-11/h6-8H,3-5,13H2,1-2H3,(H,14,15)(H,16,17). The fraction of sp³-hybridized carbons (Fsp3) is 0.500. The highest BCUT2D eigenvalue weighted by molar-refractivity contribution is 5.94. The van der Waals surface area contributed by atoms with E-state index in [2.05, 4.69) is 17.2 Å². The molecule has 0 bridgehead atoms. The molecule has 0 aromatic carbocycles. The lowest BCUT2D eigenvalue weighted by atomic mass is 10.1. The summed E-state index contributed by atoms with van der Waals surface area (Å²) in [6.45, 7) is 4.19. The first-order chi connectivity index (χ1) is 8.04. The van der Waals surface area contributed by atoms with Crippen LogP contribution in [0, 0.1) is 0 Å². The third-order valence-corrected chi connectivity index (χ3v) is 2.55. The third-order valence-electron chi connectivity index (χ3n) is 2.55. The smallest absolute Gasteiger partial charge is 0.337 e. The van der Waals surface area contributed by atoms with E-state index in [1.807, 2.05) is 6.92 Å². The van der Waals surface area contributed by atoms with E-state index < -0.39 is 5.97 Å². The Balaban J connectivity index is 2.72. The van der Waals surface area contributed by atoms with Gasteiger partial charge in [-0.15, -0.1) is 0 Å². The van der Waals surface area contributed by atoms with Gasteiger partial charge < -0.3 is 16.2 Å². The Kier molecular flexibility index (Phi) is 4.75. The van der Waals surface area contributed by atoms with E-state index in [0.717, 1.165) is 19.3 Å². The zero-order valence-corrected chi connectivity index (χ0v) is 10.2. The highest BCUT2D eigenvalue weighted by atomic mass is 16.4. The van der Waals surface area contributed by atoms with E-state index in [1.165, 1.54) is 12.3 Å². The Morgan fingerprint density at radius 3 is 2.94 bits per heavy atom. The highest BCUT2D eigenvalue weighted by Gasteiger charge is 2.10. The van der Waals surface area contributed by atoms with Gasteiger partial charge in [-0.25, -0.2) is 9.78 Å². The van der Waals surface area contributed by atoms with Gasteiger partial charge in [0, 0.05) is 6.04 Å². The molecule has 0 saturated carbocycles. The Bertz CT molecular complexity index is 393. The molecule has 0 radical (unpaired) electrons. The van der Waals surface area contributed by atoms with Crippen molar-refractivity contribution in [1.82, 2.24) is 4.98 Å². The normalized spacial score (nSPS) is 12.1. The summed E-state index contributed by atoms with van der Waals surface area (Å²) in [5, 5.41) is 12.1. The van der Waals surface area contributed by atoms with E-state index in [1.54, 1.807) is 0 Å². The lowest BCUT2D eigenvalue weighted by molar-refractivity contribution is 0.0698. The van der Waals surface area contributed by atoms with Gasteiger partial charge in [0.1, 0.15) is 5.82 Å². The molecule has 1 aromatic rings. The van der Waals surface area contributed by atoms with E-state index in [4.69, 9.17) is 10.8 Å². The molecule has 1 unspecified atom stereocenters. The lowest BCUT2D eigenvalue weighted by Crippen LogP contribution is -2.16. The second-order valence-corrected chi connectivity index (χ2v) is 4.15. The predicted octanol–water partition coefficient (Wildman–Crippen LogP) is 2.35. The van der Waals surface area contributed by atoms with Crippen molar-refractivity contribution in [1.29, 1.82) is 0 Å². The van der Waals surface area contributed by atoms with Gasteiger partial charge in [-0.05, 0) is 19.4 Å². The number of aromatic nitrogens is 1. The van der Waals surface area contributed by atoms with Crippen LogP contribution in [0.15, 0.2) is 12.3 Å². The number of pyridine rings is 1. The molecule has 0 spiro atoms. The van der Waals surface area contributed by atoms with Gasteiger partial charge in [0.25, 0.3) is 0 Å². The summed E-state index contributed by atoms with van der Waals surface area (Å²) in [7, 11) is 0. The maximum absolute atomic E-state index is 10.9. The van der Waals surface area contributed by atoms with Gasteiger partial charge in [0.2, 0.25) is 0 Å². The van der Waals surface area contributed by atoms with Crippen LogP contribution in [0.3, 0.4) is 0 Å². The van der Waals surface area contributed by atoms with Crippen molar-refractivity contribution in [3.05, 3.63) is 17.8 Å². The molecule has 94 valence electrons. The van der Waals surface area contributed by atoms with E-state index >= 15 is 0 Å². The minimum absolute atomic E-state index is 0.0881. The molecule has 1 atom stereocenters. The van der Waals surface area contributed by atoms with Crippen molar-refractivity contribution in [3.8, 4) is 0 Å². The quantitative estimate of drug-likeness (QED) is 0.706. The highest BCUT2D eigenvalue weighted by Crippen LogP contribution is 2.16. The van der Waals surface area contributed by atoms with Crippen molar-refractivity contribution in [2.24, 2.45) is 0 Å². The number of nitrogens with zero attached hydrogens (tertiary/aromatic N) is 1. The zero-order valence-electron chi connectivity index (χ0n) is 10.2. The summed E-state index contributed by atoms with van der Waals surface area (Å²) in [6, 6.07) is 1.74. The van der Waals surface area contributed by atoms with Gasteiger partial charge in [-0.1, -0.05) is 19.8 Å². The van der Waals surface area contributed by atoms with Crippen molar-refractivity contribution >= 4 is 17.5 Å². The van der Waals surface area contributed by atoms with Gasteiger partial charge in [-0.2, -0.15) is 0 Å². The predicted molar refractivity (Wildman–Crippen MR) is 68.2 cm³/mol. The van der Waals surface area contributed by atoms with Crippen molar-refractivity contribution < 1.29 is 9.90 Å². The first-order valence-corrected chi connectivity index (χ1v) is 5.80. The number of nitrogens with two attached hydrogens (primary N) is 1. The van der Waals surface area contributed by atoms with Crippen LogP contribution >= 0.6 is 0 Å². The van der Waals surface area contributed by atoms with Crippen LogP contribution in [-0.4, -0.2) is 22.1 Å². The number of nitrogen functional groups attached to an aromatic ring is 1. The average molecular weight is 237 g/mol. The van der Waals surface area contributed by atoms with Crippen LogP contribution in [0.4, 0.5) is 11.5 Å². The molecule has 1 aromatic heterocycles. The fourth-order valence-electron chi connectivity index (χ4n) is 1.57. The van der Waals surface area contributed by atoms with E-state index in [9.17, 15) is 4.79 Å². The van der Waals surface area contributed by atoms with Gasteiger partial charge in [-0.3, -0.25) is 0 Å². The SMILES string of the molecule is CCCCC(C)Nc1cc(C(=O)O)c(N)cn1. The van der Waals surface area contributed by atoms with Gasteiger partial charge >= 0.3 is 5.97 Å². The van der Waals surface area contributed by atoms with Crippen LogP contribution < -0.4 is 11.1 Å². The molecule has 0 aliphatic rings. The number of nitrogens with one attached hydrogen (secondary N) is 1. The molecule has 5 heteroatoms. The number of carbonyl (C=O) groups is 1. The molecule has 0 aliphatic heterocycles. The summed E-state index contributed by atoms with van der Waals surface area (Å²) >= 11 is 0. The number of unbranched alkanes of at least 4 members (excludes halogenated alkanes) is 1. The topological polar surface area (TPSA) is 88.2 Å². The molecule has 4 N–H and O–H groups in total. The Labute approximate surface area is 101 Å². The molecule has 0 fully saturated rings. The molecule has 0 aliphatic carbocycles. The summed E-state index contributed by atoms with van der Waals surface area (Å²) in [5.74, 6) is -0.477. The average Bonchev–Trinajstić information content (AvgIpc) is 2.28. The molecular formula is C12H19N3O2. The van der Waals surface area contributed by atoms with Crippen LogP contribution in [-0.2, 0) is 0 Å². The number of hydrogen-bond acceptors (Lipinski definition) is 4. The minimum atomic E-state index is -1.03. The van der Waals surface area contributed by atoms with Crippen molar-refractivity contribution in [2.45, 2.75) is 39.2 Å². The monoisotopic (exact) mass is 237 g/mol. The number of carboxylic acid groups (broad SMARTS) is 1. The zero-order chi connectivity index (χ0) is 12.8. The molecule has 5 nitrogen and oxygen atoms in total. The Morgan fingerprint density at radius 1 is 1.65 bits per heavy atom. The van der Waals surface area contributed by atoms with Gasteiger partial charge in [0.15, 0.2) is 0 Å². The maximum Gasteiger partial charge on any atom is 0.337 e. The minimum Gasteiger partial charge on any atom is -0.478 e. The first kappa shape index (κ1) is 13.3. The number of carboxylic acids is 1. The third kappa shape index (κ3) is 3.94. The largest absolute Gasteiger partial charge is 0.478 e. The molecule has 0 saturated heterocycles. The molecule has 1 heterocycles. The van der Waals surface area contributed by atoms with Crippen LogP contribution in [0.25, 0.3) is 0 Å². The van der Waals surface area contributed by atoms with Crippen molar-refractivity contribution in [2.75, 3.05) is 11.1 Å². The van der Waals surface area contributed by atoms with E-state index in [-0.39, 0.29) is 17.3 Å². The molecular weight excluding hydrogens is 218 g/mol.